The lowest BCUT2D eigenvalue weighted by molar-refractivity contribution is -0.137. The van der Waals surface area contributed by atoms with Gasteiger partial charge in [-0.2, -0.15) is 0 Å². The fourth-order valence-corrected chi connectivity index (χ4v) is 2.57. The molecule has 1 atom stereocenters. The molecule has 1 aromatic carbocycles. The first-order valence-corrected chi connectivity index (χ1v) is 8.37. The lowest BCUT2D eigenvalue weighted by atomic mass is 10.0. The minimum atomic E-state index is -0.575. The van der Waals surface area contributed by atoms with Crippen LogP contribution in [0.25, 0.3) is 0 Å². The van der Waals surface area contributed by atoms with Crippen LogP contribution in [-0.2, 0) is 22.6 Å². The molecular formula is C19H25N3O3. The number of amides is 2. The van der Waals surface area contributed by atoms with Gasteiger partial charge in [-0.15, -0.1) is 0 Å². The summed E-state index contributed by atoms with van der Waals surface area (Å²) in [4.78, 5) is 26.6. The Labute approximate surface area is 148 Å². The Balaban J connectivity index is 1.98. The first-order chi connectivity index (χ1) is 11.9. The molecule has 0 bridgehead atoms. The summed E-state index contributed by atoms with van der Waals surface area (Å²) < 4.78 is 5.03. The van der Waals surface area contributed by atoms with Gasteiger partial charge < -0.3 is 14.7 Å². The highest BCUT2D eigenvalue weighted by Gasteiger charge is 2.27. The summed E-state index contributed by atoms with van der Waals surface area (Å²) in [6.45, 7) is 5.98. The molecule has 6 heteroatoms. The number of carbonyl (C=O) groups is 2. The fraction of sp³-hybridized carbons (Fsp3) is 0.421. The number of hydrogen-bond acceptors (Lipinski definition) is 4. The van der Waals surface area contributed by atoms with Crippen LogP contribution in [0.1, 0.15) is 30.9 Å². The number of rotatable bonds is 7. The summed E-state index contributed by atoms with van der Waals surface area (Å²) in [6, 6.07) is 10.7. The van der Waals surface area contributed by atoms with Crippen molar-refractivity contribution in [3.05, 3.63) is 53.4 Å². The molecule has 2 amide bonds. The molecule has 2 aromatic rings. The average molecular weight is 343 g/mol. The number of aryl methyl sites for hydroxylation is 1. The predicted molar refractivity (Wildman–Crippen MR) is 94.6 cm³/mol. The molecule has 0 unspecified atom stereocenters. The fourth-order valence-electron chi connectivity index (χ4n) is 2.57. The van der Waals surface area contributed by atoms with E-state index in [0.29, 0.717) is 18.0 Å². The van der Waals surface area contributed by atoms with Gasteiger partial charge >= 0.3 is 0 Å². The molecule has 0 spiro atoms. The molecular weight excluding hydrogens is 318 g/mol. The molecule has 2 rings (SSSR count). The van der Waals surface area contributed by atoms with Crippen LogP contribution in [0.15, 0.2) is 40.9 Å². The summed E-state index contributed by atoms with van der Waals surface area (Å²) in [7, 11) is 1.70. The molecule has 0 aliphatic heterocycles. The van der Waals surface area contributed by atoms with Gasteiger partial charge in [-0.05, 0) is 18.4 Å². The summed E-state index contributed by atoms with van der Waals surface area (Å²) in [6.07, 6.45) is 0.254. The van der Waals surface area contributed by atoms with E-state index in [1.54, 1.807) is 24.9 Å². The molecule has 6 nitrogen and oxygen atoms in total. The Morgan fingerprint density at radius 3 is 2.48 bits per heavy atom. The molecule has 134 valence electrons. The summed E-state index contributed by atoms with van der Waals surface area (Å²) in [5.74, 6) is 0.377. The van der Waals surface area contributed by atoms with Crippen molar-refractivity contribution in [1.29, 1.82) is 0 Å². The highest BCUT2D eigenvalue weighted by molar-refractivity contribution is 5.88. The van der Waals surface area contributed by atoms with Crippen molar-refractivity contribution < 1.29 is 14.1 Å². The van der Waals surface area contributed by atoms with Crippen LogP contribution in [0.3, 0.4) is 0 Å². The number of nitrogens with one attached hydrogen (secondary N) is 1. The lowest BCUT2D eigenvalue weighted by Crippen LogP contribution is -2.50. The van der Waals surface area contributed by atoms with Gasteiger partial charge in [0.25, 0.3) is 0 Å². The molecule has 1 heterocycles. The van der Waals surface area contributed by atoms with Crippen molar-refractivity contribution in [2.24, 2.45) is 5.92 Å². The minimum Gasteiger partial charge on any atom is -0.361 e. The molecule has 1 N–H and O–H groups in total. The molecule has 0 saturated heterocycles. The monoisotopic (exact) mass is 343 g/mol. The smallest absolute Gasteiger partial charge is 0.245 e. The average Bonchev–Trinajstić information content (AvgIpc) is 2.97. The topological polar surface area (TPSA) is 75.4 Å². The maximum atomic E-state index is 12.7. The number of carbonyl (C=O) groups excluding carboxylic acids is 2. The molecule has 0 fully saturated rings. The van der Waals surface area contributed by atoms with Crippen LogP contribution in [0, 0.1) is 12.8 Å². The molecule has 0 saturated carbocycles. The van der Waals surface area contributed by atoms with Crippen LogP contribution < -0.4 is 5.32 Å². The van der Waals surface area contributed by atoms with E-state index in [9.17, 15) is 9.59 Å². The van der Waals surface area contributed by atoms with E-state index >= 15 is 0 Å². The van der Waals surface area contributed by atoms with Gasteiger partial charge in [0.2, 0.25) is 11.8 Å². The zero-order valence-corrected chi connectivity index (χ0v) is 15.2. The third-order valence-electron chi connectivity index (χ3n) is 3.91. The third kappa shape index (κ3) is 5.45. The second-order valence-electron chi connectivity index (χ2n) is 6.57. The van der Waals surface area contributed by atoms with E-state index in [-0.39, 0.29) is 24.2 Å². The first kappa shape index (κ1) is 18.7. The van der Waals surface area contributed by atoms with Gasteiger partial charge in [-0.3, -0.25) is 9.59 Å². The quantitative estimate of drug-likeness (QED) is 0.837. The third-order valence-corrected chi connectivity index (χ3v) is 3.91. The van der Waals surface area contributed by atoms with Crippen molar-refractivity contribution >= 4 is 11.8 Å². The van der Waals surface area contributed by atoms with Crippen molar-refractivity contribution in [2.75, 3.05) is 7.05 Å². The molecule has 0 aliphatic rings. The first-order valence-electron chi connectivity index (χ1n) is 8.37. The van der Waals surface area contributed by atoms with E-state index < -0.39 is 6.04 Å². The zero-order valence-electron chi connectivity index (χ0n) is 15.2. The van der Waals surface area contributed by atoms with E-state index in [2.05, 4.69) is 10.5 Å². The summed E-state index contributed by atoms with van der Waals surface area (Å²) in [5, 5.41) is 6.77. The van der Waals surface area contributed by atoms with Gasteiger partial charge in [-0.1, -0.05) is 49.3 Å². The Kier molecular flexibility index (Phi) is 6.33. The van der Waals surface area contributed by atoms with Crippen LogP contribution in [0.5, 0.6) is 0 Å². The highest BCUT2D eigenvalue weighted by Crippen LogP contribution is 2.10. The summed E-state index contributed by atoms with van der Waals surface area (Å²) >= 11 is 0. The lowest BCUT2D eigenvalue weighted by Gasteiger charge is -2.26. The van der Waals surface area contributed by atoms with Crippen LogP contribution in [0.4, 0.5) is 0 Å². The van der Waals surface area contributed by atoms with Crippen molar-refractivity contribution in [2.45, 2.75) is 39.8 Å². The van der Waals surface area contributed by atoms with Crippen molar-refractivity contribution in [1.82, 2.24) is 15.4 Å². The number of aromatic nitrogens is 1. The Hall–Kier alpha value is -2.63. The maximum absolute atomic E-state index is 12.7. The molecule has 0 radical (unpaired) electrons. The second-order valence-corrected chi connectivity index (χ2v) is 6.57. The normalized spacial score (nSPS) is 12.0. The number of nitrogens with zero attached hydrogens (tertiary/aromatic N) is 2. The van der Waals surface area contributed by atoms with Gasteiger partial charge in [-0.25, -0.2) is 0 Å². The van der Waals surface area contributed by atoms with Gasteiger partial charge in [0.1, 0.15) is 17.5 Å². The molecule has 0 aliphatic carbocycles. The predicted octanol–water partition coefficient (Wildman–Crippen LogP) is 2.32. The van der Waals surface area contributed by atoms with Gasteiger partial charge in [0, 0.05) is 13.1 Å². The van der Waals surface area contributed by atoms with Crippen molar-refractivity contribution in [3.63, 3.8) is 0 Å². The Bertz CT molecular complexity index is 710. The number of hydrogen-bond donors (Lipinski definition) is 1. The second kappa shape index (κ2) is 8.46. The molecule has 25 heavy (non-hydrogen) atoms. The van der Waals surface area contributed by atoms with Crippen molar-refractivity contribution in [3.8, 4) is 0 Å². The molecule has 1 aromatic heterocycles. The largest absolute Gasteiger partial charge is 0.361 e. The van der Waals surface area contributed by atoms with E-state index in [4.69, 9.17) is 4.52 Å². The minimum absolute atomic E-state index is 0.0197. The SMILES string of the molecule is Cc1cc(CN(C)C(=O)[C@@H](NC(=O)Cc2ccccc2)C(C)C)no1. The van der Waals surface area contributed by atoms with E-state index in [1.807, 2.05) is 44.2 Å². The van der Waals surface area contributed by atoms with Crippen LogP contribution >= 0.6 is 0 Å². The summed E-state index contributed by atoms with van der Waals surface area (Å²) in [5.41, 5.74) is 1.60. The number of likely N-dealkylation sites (N-methyl/N-ethyl adjacent to an activating group) is 1. The standard InChI is InChI=1S/C19H25N3O3/c1-13(2)18(20-17(23)11-15-8-6-5-7-9-15)19(24)22(4)12-16-10-14(3)25-21-16/h5-10,13,18H,11-12H2,1-4H3,(H,20,23)/t18-/m0/s1. The maximum Gasteiger partial charge on any atom is 0.245 e. The van der Waals surface area contributed by atoms with Gasteiger partial charge in [0.15, 0.2) is 0 Å². The van der Waals surface area contributed by atoms with E-state index in [0.717, 1.165) is 5.56 Å². The Morgan fingerprint density at radius 2 is 1.92 bits per heavy atom. The zero-order chi connectivity index (χ0) is 18.4. The van der Waals surface area contributed by atoms with Crippen LogP contribution in [0.2, 0.25) is 0 Å². The van der Waals surface area contributed by atoms with E-state index in [1.165, 1.54) is 0 Å². The Morgan fingerprint density at radius 1 is 1.24 bits per heavy atom. The van der Waals surface area contributed by atoms with Gasteiger partial charge in [0.05, 0.1) is 13.0 Å². The number of benzene rings is 1. The van der Waals surface area contributed by atoms with Crippen LogP contribution in [-0.4, -0.2) is 35.0 Å². The highest BCUT2D eigenvalue weighted by atomic mass is 16.5.